The summed E-state index contributed by atoms with van der Waals surface area (Å²) in [5.74, 6) is 0.107. The van der Waals surface area contributed by atoms with Gasteiger partial charge in [-0.2, -0.15) is 0 Å². The van der Waals surface area contributed by atoms with Crippen LogP contribution in [0.5, 0.6) is 0 Å². The summed E-state index contributed by atoms with van der Waals surface area (Å²) in [5, 5.41) is 0. The van der Waals surface area contributed by atoms with Crippen LogP contribution >= 0.6 is 43.6 Å². The van der Waals surface area contributed by atoms with E-state index in [0.717, 1.165) is 9.37 Å². The molecule has 0 atom stereocenters. The molecule has 0 aromatic heterocycles. The Bertz CT molecular complexity index is 631. The molecule has 104 valence electrons. The largest absolute Gasteiger partial charge is 0.298 e. The van der Waals surface area contributed by atoms with Gasteiger partial charge in [-0.3, -0.25) is 4.79 Å². The number of carbonyl (C=O) groups is 1. The lowest BCUT2D eigenvalue weighted by molar-refractivity contribution is -0.116. The lowest BCUT2D eigenvalue weighted by Gasteiger charge is -2.05. The number of hydrogen-bond donors (Lipinski definition) is 0. The molecule has 0 aliphatic carbocycles. The van der Waals surface area contributed by atoms with E-state index in [1.807, 2.05) is 24.3 Å². The van der Waals surface area contributed by atoms with E-state index in [4.69, 9.17) is 0 Å². The van der Waals surface area contributed by atoms with E-state index in [1.54, 1.807) is 12.1 Å². The fourth-order valence-electron chi connectivity index (χ4n) is 1.67. The number of thioether (sulfide) groups is 1. The van der Waals surface area contributed by atoms with Crippen LogP contribution in [0.15, 0.2) is 56.3 Å². The second kappa shape index (κ2) is 7.38. The normalized spacial score (nSPS) is 10.6. The highest BCUT2D eigenvalue weighted by Gasteiger charge is 2.10. The number of halogens is 3. The molecule has 0 aliphatic heterocycles. The molecule has 0 heterocycles. The van der Waals surface area contributed by atoms with Gasteiger partial charge in [-0.05, 0) is 45.8 Å². The lowest BCUT2D eigenvalue weighted by atomic mass is 10.1. The summed E-state index contributed by atoms with van der Waals surface area (Å²) >= 11 is 8.05. The highest BCUT2D eigenvalue weighted by atomic mass is 79.9. The van der Waals surface area contributed by atoms with E-state index in [9.17, 15) is 9.18 Å². The Morgan fingerprint density at radius 2 is 1.90 bits per heavy atom. The Balaban J connectivity index is 1.94. The molecule has 1 nitrogen and oxygen atoms in total. The van der Waals surface area contributed by atoms with Gasteiger partial charge in [-0.25, -0.2) is 4.39 Å². The minimum Gasteiger partial charge on any atom is -0.298 e. The van der Waals surface area contributed by atoms with Crippen molar-refractivity contribution >= 4 is 49.4 Å². The lowest BCUT2D eigenvalue weighted by Crippen LogP contribution is -2.06. The average molecular weight is 418 g/mol. The zero-order chi connectivity index (χ0) is 14.5. The van der Waals surface area contributed by atoms with Crippen LogP contribution in [-0.4, -0.2) is 11.5 Å². The van der Waals surface area contributed by atoms with Crippen molar-refractivity contribution in [3.05, 3.63) is 62.8 Å². The first kappa shape index (κ1) is 15.7. The predicted molar refractivity (Wildman–Crippen MR) is 87.7 cm³/mol. The van der Waals surface area contributed by atoms with Crippen molar-refractivity contribution in [2.45, 2.75) is 11.3 Å². The highest BCUT2D eigenvalue weighted by molar-refractivity contribution is 9.10. The Morgan fingerprint density at radius 1 is 1.15 bits per heavy atom. The summed E-state index contributed by atoms with van der Waals surface area (Å²) in [4.78, 5) is 13.0. The maximum absolute atomic E-state index is 13.4. The maximum Gasteiger partial charge on any atom is 0.147 e. The van der Waals surface area contributed by atoms with Gasteiger partial charge in [0, 0.05) is 15.8 Å². The molecule has 20 heavy (non-hydrogen) atoms. The van der Waals surface area contributed by atoms with Gasteiger partial charge in [0.05, 0.1) is 10.2 Å². The molecule has 0 radical (unpaired) electrons. The minimum absolute atomic E-state index is 0.0706. The van der Waals surface area contributed by atoms with Crippen molar-refractivity contribution < 1.29 is 9.18 Å². The number of Topliss-reactive ketones (excluding diaryl/α,β-unsaturated/α-hetero) is 1. The molecule has 2 aromatic rings. The zero-order valence-corrected chi connectivity index (χ0v) is 14.4. The summed E-state index contributed by atoms with van der Waals surface area (Å²) in [5.41, 5.74) is 0.685. The Labute approximate surface area is 138 Å². The predicted octanol–water partition coefficient (Wildman–Crippen LogP) is 5.25. The summed E-state index contributed by atoms with van der Waals surface area (Å²) in [6, 6.07) is 12.5. The molecule has 0 amide bonds. The van der Waals surface area contributed by atoms with Crippen molar-refractivity contribution in [2.75, 3.05) is 5.75 Å². The average Bonchev–Trinajstić information content (AvgIpc) is 2.42. The topological polar surface area (TPSA) is 17.1 Å². The first-order chi connectivity index (χ1) is 9.56. The van der Waals surface area contributed by atoms with Gasteiger partial charge in [0.2, 0.25) is 0 Å². The monoisotopic (exact) mass is 416 g/mol. The number of rotatable bonds is 5. The van der Waals surface area contributed by atoms with Crippen molar-refractivity contribution in [3.63, 3.8) is 0 Å². The van der Waals surface area contributed by atoms with E-state index < -0.39 is 0 Å². The Hall–Kier alpha value is -0.650. The van der Waals surface area contributed by atoms with E-state index >= 15 is 0 Å². The zero-order valence-electron chi connectivity index (χ0n) is 10.4. The minimum atomic E-state index is -0.338. The van der Waals surface area contributed by atoms with Gasteiger partial charge >= 0.3 is 0 Å². The summed E-state index contributed by atoms with van der Waals surface area (Å²) in [6.07, 6.45) is 0.235. The number of ketones is 1. The van der Waals surface area contributed by atoms with Crippen LogP contribution < -0.4 is 0 Å². The van der Waals surface area contributed by atoms with Gasteiger partial charge < -0.3 is 0 Å². The quantitative estimate of drug-likeness (QED) is 0.617. The fourth-order valence-corrected chi connectivity index (χ4v) is 3.44. The van der Waals surface area contributed by atoms with Crippen molar-refractivity contribution in [1.29, 1.82) is 0 Å². The van der Waals surface area contributed by atoms with Gasteiger partial charge in [0.15, 0.2) is 0 Å². The summed E-state index contributed by atoms with van der Waals surface area (Å²) in [6.45, 7) is 0. The van der Waals surface area contributed by atoms with Crippen LogP contribution in [0.4, 0.5) is 4.39 Å². The third kappa shape index (κ3) is 4.43. The Morgan fingerprint density at radius 3 is 2.65 bits per heavy atom. The molecule has 0 bridgehead atoms. The van der Waals surface area contributed by atoms with Crippen LogP contribution in [0, 0.1) is 5.82 Å². The van der Waals surface area contributed by atoms with Crippen molar-refractivity contribution in [1.82, 2.24) is 0 Å². The first-order valence-corrected chi connectivity index (χ1v) is 8.46. The number of carbonyl (C=O) groups excluding carboxylic acids is 1. The summed E-state index contributed by atoms with van der Waals surface area (Å²) in [7, 11) is 0. The first-order valence-electron chi connectivity index (χ1n) is 5.89. The molecule has 2 aromatic carbocycles. The highest BCUT2D eigenvalue weighted by Crippen LogP contribution is 2.24. The fraction of sp³-hybridized carbons (Fsp3) is 0.133. The summed E-state index contributed by atoms with van der Waals surface area (Å²) < 4.78 is 14.7. The molecule has 0 fully saturated rings. The van der Waals surface area contributed by atoms with Gasteiger partial charge in [-0.15, -0.1) is 11.8 Å². The van der Waals surface area contributed by atoms with Crippen LogP contribution in [0.3, 0.4) is 0 Å². The van der Waals surface area contributed by atoms with Gasteiger partial charge in [-0.1, -0.05) is 34.1 Å². The Kier molecular flexibility index (Phi) is 5.81. The molecule has 0 saturated heterocycles. The van der Waals surface area contributed by atoms with Crippen LogP contribution in [0.1, 0.15) is 5.56 Å². The third-order valence-corrected chi connectivity index (χ3v) is 5.05. The van der Waals surface area contributed by atoms with E-state index in [0.29, 0.717) is 15.8 Å². The van der Waals surface area contributed by atoms with Crippen LogP contribution in [-0.2, 0) is 11.2 Å². The molecular weight excluding hydrogens is 407 g/mol. The van der Waals surface area contributed by atoms with E-state index in [-0.39, 0.29) is 18.0 Å². The number of hydrogen-bond acceptors (Lipinski definition) is 2. The standard InChI is InChI=1S/C15H11Br2FOS/c16-11-4-2-5-13(8-11)20-9-12(19)7-10-3-1-6-14(18)15(10)17/h1-6,8H,7,9H2. The van der Waals surface area contributed by atoms with Crippen molar-refractivity contribution in [2.24, 2.45) is 0 Å². The van der Waals surface area contributed by atoms with E-state index in [1.165, 1.54) is 17.8 Å². The third-order valence-electron chi connectivity index (χ3n) is 2.62. The molecule has 0 aliphatic rings. The van der Waals surface area contributed by atoms with Crippen molar-refractivity contribution in [3.8, 4) is 0 Å². The molecule has 2 rings (SSSR count). The smallest absolute Gasteiger partial charge is 0.147 e. The molecular formula is C15H11Br2FOS. The van der Waals surface area contributed by atoms with Crippen LogP contribution in [0.25, 0.3) is 0 Å². The molecule has 0 spiro atoms. The second-order valence-electron chi connectivity index (χ2n) is 4.17. The molecule has 5 heteroatoms. The number of benzene rings is 2. The molecule has 0 saturated carbocycles. The maximum atomic E-state index is 13.4. The van der Waals surface area contributed by atoms with Crippen LogP contribution in [0.2, 0.25) is 0 Å². The second-order valence-corrected chi connectivity index (χ2v) is 6.93. The van der Waals surface area contributed by atoms with Gasteiger partial charge in [0.25, 0.3) is 0 Å². The van der Waals surface area contributed by atoms with Gasteiger partial charge in [0.1, 0.15) is 11.6 Å². The van der Waals surface area contributed by atoms with E-state index in [2.05, 4.69) is 31.9 Å². The molecule has 0 unspecified atom stereocenters. The molecule has 0 N–H and O–H groups in total. The SMILES string of the molecule is O=C(CSc1cccc(Br)c1)Cc1cccc(F)c1Br.